The quantitative estimate of drug-likeness (QED) is 0.222. The van der Waals surface area contributed by atoms with Crippen molar-refractivity contribution in [3.8, 4) is 5.75 Å². The molecule has 1 atom stereocenters. The second-order valence-corrected chi connectivity index (χ2v) is 6.84. The Morgan fingerprint density at radius 1 is 1.34 bits per heavy atom. The van der Waals surface area contributed by atoms with E-state index in [4.69, 9.17) is 4.74 Å². The number of rotatable bonds is 13. The highest BCUT2D eigenvalue weighted by molar-refractivity contribution is 5.89. The summed E-state index contributed by atoms with van der Waals surface area (Å²) < 4.78 is 5.83. The van der Waals surface area contributed by atoms with E-state index in [1.807, 2.05) is 26.1 Å². The first kappa shape index (κ1) is 22.4. The van der Waals surface area contributed by atoms with Crippen molar-refractivity contribution in [1.29, 1.82) is 0 Å². The number of amides is 1. The van der Waals surface area contributed by atoms with Gasteiger partial charge in [-0.3, -0.25) is 4.79 Å². The highest BCUT2D eigenvalue weighted by Gasteiger charge is 2.11. The minimum absolute atomic E-state index is 0.0968. The number of fused-ring (bicyclic) bond motifs is 1. The van der Waals surface area contributed by atoms with Crippen LogP contribution in [0.15, 0.2) is 18.3 Å². The number of aryl methyl sites for hydroxylation is 2. The van der Waals surface area contributed by atoms with Crippen LogP contribution in [0, 0.1) is 24.0 Å². The summed E-state index contributed by atoms with van der Waals surface area (Å²) in [5.74, 6) is 0.541. The number of aliphatic hydroxyl groups is 1. The highest BCUT2D eigenvalue weighted by atomic mass is 16.9. The van der Waals surface area contributed by atoms with Gasteiger partial charge in [0.2, 0.25) is 5.91 Å². The highest BCUT2D eigenvalue weighted by Crippen LogP contribution is 2.30. The van der Waals surface area contributed by atoms with Crippen molar-refractivity contribution in [3.05, 3.63) is 39.6 Å². The van der Waals surface area contributed by atoms with Crippen LogP contribution in [0.5, 0.6) is 5.75 Å². The summed E-state index contributed by atoms with van der Waals surface area (Å²) in [5, 5.41) is 26.0. The zero-order valence-corrected chi connectivity index (χ0v) is 16.7. The molecule has 10 nitrogen and oxygen atoms in total. The summed E-state index contributed by atoms with van der Waals surface area (Å²) in [5.41, 5.74) is 3.16. The molecule has 0 bridgehead atoms. The molecule has 29 heavy (non-hydrogen) atoms. The molecule has 0 aliphatic rings. The first-order valence-corrected chi connectivity index (χ1v) is 9.50. The third-order valence-electron chi connectivity index (χ3n) is 4.27. The zero-order chi connectivity index (χ0) is 21.2. The van der Waals surface area contributed by atoms with Gasteiger partial charge >= 0.3 is 0 Å². The molecule has 0 aliphatic carbocycles. The van der Waals surface area contributed by atoms with Crippen molar-refractivity contribution in [2.24, 2.45) is 0 Å². The van der Waals surface area contributed by atoms with Crippen LogP contribution in [0.1, 0.15) is 24.0 Å². The van der Waals surface area contributed by atoms with Crippen LogP contribution < -0.4 is 15.4 Å². The maximum absolute atomic E-state index is 11.5. The van der Waals surface area contributed by atoms with Crippen molar-refractivity contribution in [3.63, 3.8) is 0 Å². The molecule has 4 N–H and O–H groups in total. The Morgan fingerprint density at radius 3 is 2.90 bits per heavy atom. The number of aliphatic hydroxyl groups excluding tert-OH is 1. The van der Waals surface area contributed by atoms with Gasteiger partial charge in [0.1, 0.15) is 18.5 Å². The molecule has 0 radical (unpaired) electrons. The molecule has 160 valence electrons. The second kappa shape index (κ2) is 11.2. The molecule has 2 rings (SSSR count). The fraction of sp³-hybridized carbons (Fsp3) is 0.526. The summed E-state index contributed by atoms with van der Waals surface area (Å²) >= 11 is 0. The standard InChI is InChI=1S/C19H28N4O6/c1-13-8-16-19(14(2)10-22-16)17(9-13)28-12-15(24)11-20-5-6-21-18(25)4-3-7-29-23(26)27/h8-10,15,20,22,24H,3-7,11-12H2,1-2H3,(H,21,25). The maximum atomic E-state index is 11.5. The van der Waals surface area contributed by atoms with Gasteiger partial charge in [-0.2, -0.15) is 0 Å². The maximum Gasteiger partial charge on any atom is 0.294 e. The largest absolute Gasteiger partial charge is 0.490 e. The average Bonchev–Trinajstić information content (AvgIpc) is 3.03. The first-order valence-electron chi connectivity index (χ1n) is 9.50. The number of carbonyl (C=O) groups is 1. The van der Waals surface area contributed by atoms with Gasteiger partial charge in [-0.05, 0) is 43.5 Å². The Labute approximate surface area is 168 Å². The third-order valence-corrected chi connectivity index (χ3v) is 4.27. The van der Waals surface area contributed by atoms with E-state index in [0.29, 0.717) is 19.6 Å². The van der Waals surface area contributed by atoms with E-state index in [1.54, 1.807) is 0 Å². The number of aromatic nitrogens is 1. The van der Waals surface area contributed by atoms with Crippen LogP contribution >= 0.6 is 0 Å². The Morgan fingerprint density at radius 2 is 2.14 bits per heavy atom. The SMILES string of the molecule is Cc1cc(OCC(O)CNCCNC(=O)CCCO[N+](=O)[O-])c2c(C)c[nH]c2c1. The molecule has 1 unspecified atom stereocenters. The van der Waals surface area contributed by atoms with Crippen LogP contribution in [-0.4, -0.2) is 60.0 Å². The van der Waals surface area contributed by atoms with E-state index in [1.165, 1.54) is 0 Å². The zero-order valence-electron chi connectivity index (χ0n) is 16.7. The molecule has 0 aliphatic heterocycles. The van der Waals surface area contributed by atoms with Crippen LogP contribution in [0.25, 0.3) is 10.9 Å². The van der Waals surface area contributed by atoms with Gasteiger partial charge in [0.05, 0.1) is 6.61 Å². The fourth-order valence-electron chi connectivity index (χ4n) is 2.91. The van der Waals surface area contributed by atoms with E-state index in [-0.39, 0.29) is 32.0 Å². The number of nitrogens with zero attached hydrogens (tertiary/aromatic N) is 1. The molecule has 0 fully saturated rings. The third kappa shape index (κ3) is 7.59. The van der Waals surface area contributed by atoms with Crippen LogP contribution in [0.3, 0.4) is 0 Å². The van der Waals surface area contributed by atoms with E-state index >= 15 is 0 Å². The summed E-state index contributed by atoms with van der Waals surface area (Å²) in [7, 11) is 0. The smallest absolute Gasteiger partial charge is 0.294 e. The van der Waals surface area contributed by atoms with Crippen LogP contribution in [-0.2, 0) is 9.63 Å². The predicted molar refractivity (Wildman–Crippen MR) is 107 cm³/mol. The van der Waals surface area contributed by atoms with Crippen LogP contribution in [0.4, 0.5) is 0 Å². The van der Waals surface area contributed by atoms with Crippen molar-refractivity contribution < 1.29 is 24.6 Å². The minimum atomic E-state index is -0.877. The molecule has 10 heteroatoms. The average molecular weight is 408 g/mol. The molecular formula is C19H28N4O6. The molecule has 0 saturated carbocycles. The molecule has 1 aromatic heterocycles. The van der Waals surface area contributed by atoms with Gasteiger partial charge in [-0.15, -0.1) is 10.1 Å². The van der Waals surface area contributed by atoms with E-state index in [2.05, 4.69) is 26.5 Å². The number of ether oxygens (including phenoxy) is 1. The number of carbonyl (C=O) groups excluding carboxylic acids is 1. The summed E-state index contributed by atoms with van der Waals surface area (Å²) in [4.78, 5) is 28.9. The van der Waals surface area contributed by atoms with Gasteiger partial charge < -0.3 is 30.3 Å². The van der Waals surface area contributed by atoms with Crippen LogP contribution in [0.2, 0.25) is 0 Å². The lowest BCUT2D eigenvalue weighted by molar-refractivity contribution is -0.757. The van der Waals surface area contributed by atoms with Gasteiger partial charge in [0.15, 0.2) is 0 Å². The van der Waals surface area contributed by atoms with Crippen molar-refractivity contribution in [2.75, 3.05) is 32.8 Å². The lowest BCUT2D eigenvalue weighted by Crippen LogP contribution is -2.37. The summed E-state index contributed by atoms with van der Waals surface area (Å²) in [6.45, 7) is 5.25. The van der Waals surface area contributed by atoms with E-state index < -0.39 is 11.2 Å². The number of aromatic amines is 1. The molecule has 1 amide bonds. The Kier molecular flexibility index (Phi) is 8.68. The number of hydrogen-bond acceptors (Lipinski definition) is 7. The molecule has 2 aromatic rings. The second-order valence-electron chi connectivity index (χ2n) is 6.84. The Hall–Kier alpha value is -2.85. The normalized spacial score (nSPS) is 12.0. The Bertz CT molecular complexity index is 822. The molecule has 1 heterocycles. The number of nitrogens with one attached hydrogen (secondary N) is 3. The molecule has 0 spiro atoms. The fourth-order valence-corrected chi connectivity index (χ4v) is 2.91. The van der Waals surface area contributed by atoms with Crippen molar-refractivity contribution in [2.45, 2.75) is 32.8 Å². The lowest BCUT2D eigenvalue weighted by Gasteiger charge is -2.15. The number of benzene rings is 1. The summed E-state index contributed by atoms with van der Waals surface area (Å²) in [6, 6.07) is 4.01. The predicted octanol–water partition coefficient (Wildman–Crippen LogP) is 1.22. The number of H-pyrrole nitrogens is 1. The number of hydrogen-bond donors (Lipinski definition) is 4. The van der Waals surface area contributed by atoms with Gasteiger partial charge in [0, 0.05) is 43.2 Å². The monoisotopic (exact) mass is 408 g/mol. The van der Waals surface area contributed by atoms with Crippen molar-refractivity contribution >= 4 is 16.8 Å². The van der Waals surface area contributed by atoms with Gasteiger partial charge in [0.25, 0.3) is 5.09 Å². The minimum Gasteiger partial charge on any atom is -0.490 e. The topological polar surface area (TPSA) is 139 Å². The van der Waals surface area contributed by atoms with E-state index in [9.17, 15) is 20.0 Å². The van der Waals surface area contributed by atoms with Gasteiger partial charge in [-0.25, -0.2) is 0 Å². The van der Waals surface area contributed by atoms with E-state index in [0.717, 1.165) is 27.8 Å². The first-order chi connectivity index (χ1) is 13.9. The molecular weight excluding hydrogens is 380 g/mol. The van der Waals surface area contributed by atoms with Gasteiger partial charge in [-0.1, -0.05) is 0 Å². The molecule has 0 saturated heterocycles. The van der Waals surface area contributed by atoms with Crippen molar-refractivity contribution in [1.82, 2.24) is 15.6 Å². The lowest BCUT2D eigenvalue weighted by atomic mass is 10.1. The molecule has 1 aromatic carbocycles. The Balaban J connectivity index is 1.61. The summed E-state index contributed by atoms with van der Waals surface area (Å²) in [6.07, 6.45) is 1.68.